The van der Waals surface area contributed by atoms with E-state index in [0.29, 0.717) is 5.95 Å². The van der Waals surface area contributed by atoms with Crippen LogP contribution in [0.3, 0.4) is 0 Å². The van der Waals surface area contributed by atoms with Crippen molar-refractivity contribution in [3.8, 4) is 5.75 Å². The average Bonchev–Trinajstić information content (AvgIpc) is 2.54. The first-order valence-electron chi connectivity index (χ1n) is 8.14. The first-order valence-corrected chi connectivity index (χ1v) is 8.14. The molecule has 0 aliphatic heterocycles. The number of methoxy groups -OCH3 is 1. The zero-order chi connectivity index (χ0) is 17.8. The van der Waals surface area contributed by atoms with Crippen molar-refractivity contribution in [2.45, 2.75) is 20.8 Å². The van der Waals surface area contributed by atoms with Crippen LogP contribution in [0, 0.1) is 20.8 Å². The lowest BCUT2D eigenvalue weighted by Crippen LogP contribution is -2.02. The van der Waals surface area contributed by atoms with Gasteiger partial charge in [-0.25, -0.2) is 4.98 Å². The van der Waals surface area contributed by atoms with Crippen molar-refractivity contribution in [1.82, 2.24) is 9.97 Å². The molecule has 0 amide bonds. The maximum atomic E-state index is 5.17. The van der Waals surface area contributed by atoms with Crippen molar-refractivity contribution >= 4 is 23.1 Å². The predicted molar refractivity (Wildman–Crippen MR) is 102 cm³/mol. The molecule has 2 N–H and O–H groups in total. The first-order chi connectivity index (χ1) is 12.0. The Morgan fingerprint density at radius 3 is 2.08 bits per heavy atom. The lowest BCUT2D eigenvalue weighted by atomic mass is 10.1. The van der Waals surface area contributed by atoms with Crippen molar-refractivity contribution in [3.63, 3.8) is 0 Å². The highest BCUT2D eigenvalue weighted by Gasteiger charge is 2.05. The summed E-state index contributed by atoms with van der Waals surface area (Å²) in [7, 11) is 1.65. The molecule has 3 rings (SSSR count). The molecule has 5 heteroatoms. The Labute approximate surface area is 148 Å². The Morgan fingerprint density at radius 2 is 1.44 bits per heavy atom. The highest BCUT2D eigenvalue weighted by atomic mass is 16.5. The zero-order valence-electron chi connectivity index (χ0n) is 14.9. The molecule has 0 saturated heterocycles. The molecule has 5 nitrogen and oxygen atoms in total. The summed E-state index contributed by atoms with van der Waals surface area (Å²) in [6.45, 7) is 6.12. The quantitative estimate of drug-likeness (QED) is 0.695. The molecule has 0 unspecified atom stereocenters. The molecule has 128 valence electrons. The number of aromatic nitrogens is 2. The minimum Gasteiger partial charge on any atom is -0.497 e. The fourth-order valence-electron chi connectivity index (χ4n) is 2.69. The van der Waals surface area contributed by atoms with Crippen LogP contribution in [0.5, 0.6) is 5.75 Å². The van der Waals surface area contributed by atoms with Gasteiger partial charge in [0, 0.05) is 23.1 Å². The number of ether oxygens (including phenoxy) is 1. The van der Waals surface area contributed by atoms with E-state index < -0.39 is 0 Å². The minimum absolute atomic E-state index is 0.553. The van der Waals surface area contributed by atoms with Crippen LogP contribution in [-0.4, -0.2) is 17.1 Å². The summed E-state index contributed by atoms with van der Waals surface area (Å²) in [6, 6.07) is 15.9. The Kier molecular flexibility index (Phi) is 4.84. The van der Waals surface area contributed by atoms with Crippen LogP contribution in [0.1, 0.15) is 16.8 Å². The van der Waals surface area contributed by atoms with Gasteiger partial charge >= 0.3 is 0 Å². The van der Waals surface area contributed by atoms with Gasteiger partial charge in [0.05, 0.1) is 7.11 Å². The average molecular weight is 334 g/mol. The topological polar surface area (TPSA) is 59.1 Å². The molecule has 1 aromatic heterocycles. The summed E-state index contributed by atoms with van der Waals surface area (Å²) in [5.74, 6) is 2.12. The number of hydrogen-bond donors (Lipinski definition) is 2. The molecular weight excluding hydrogens is 312 g/mol. The highest BCUT2D eigenvalue weighted by molar-refractivity contribution is 5.61. The number of aryl methyl sites for hydroxylation is 3. The molecule has 3 aromatic rings. The molecule has 0 aliphatic carbocycles. The van der Waals surface area contributed by atoms with Crippen LogP contribution in [0.2, 0.25) is 0 Å². The smallest absolute Gasteiger partial charge is 0.229 e. The molecule has 0 spiro atoms. The van der Waals surface area contributed by atoms with E-state index in [9.17, 15) is 0 Å². The molecule has 0 bridgehead atoms. The molecule has 0 aliphatic rings. The molecular formula is C20H22N4O. The zero-order valence-corrected chi connectivity index (χ0v) is 14.9. The van der Waals surface area contributed by atoms with Gasteiger partial charge in [-0.05, 0) is 68.3 Å². The van der Waals surface area contributed by atoms with Gasteiger partial charge in [-0.1, -0.05) is 6.07 Å². The van der Waals surface area contributed by atoms with Crippen LogP contribution < -0.4 is 15.4 Å². The fraction of sp³-hybridized carbons (Fsp3) is 0.200. The molecule has 0 atom stereocenters. The number of nitrogens with one attached hydrogen (secondary N) is 2. The maximum Gasteiger partial charge on any atom is 0.229 e. The van der Waals surface area contributed by atoms with E-state index in [0.717, 1.165) is 28.6 Å². The summed E-state index contributed by atoms with van der Waals surface area (Å²) >= 11 is 0. The minimum atomic E-state index is 0.553. The molecule has 25 heavy (non-hydrogen) atoms. The Hall–Kier alpha value is -3.08. The van der Waals surface area contributed by atoms with Crippen molar-refractivity contribution in [3.05, 3.63) is 65.4 Å². The van der Waals surface area contributed by atoms with E-state index in [2.05, 4.69) is 52.6 Å². The van der Waals surface area contributed by atoms with E-state index in [1.54, 1.807) is 7.11 Å². The summed E-state index contributed by atoms with van der Waals surface area (Å²) in [5, 5.41) is 6.59. The van der Waals surface area contributed by atoms with Crippen molar-refractivity contribution in [1.29, 1.82) is 0 Å². The normalized spacial score (nSPS) is 10.4. The van der Waals surface area contributed by atoms with Crippen LogP contribution in [0.25, 0.3) is 0 Å². The number of anilines is 4. The monoisotopic (exact) mass is 334 g/mol. The number of nitrogens with zero attached hydrogens (tertiary/aromatic N) is 2. The van der Waals surface area contributed by atoms with Crippen LogP contribution in [0.15, 0.2) is 48.5 Å². The summed E-state index contributed by atoms with van der Waals surface area (Å²) in [6.07, 6.45) is 0. The standard InChI is InChI=1S/C20H22N4O/c1-13-9-14(2)11-17(10-13)22-19-12-15(3)21-20(24-19)23-16-5-7-18(25-4)8-6-16/h5-12H,1-4H3,(H2,21,22,23,24). The van der Waals surface area contributed by atoms with Gasteiger partial charge in [0.25, 0.3) is 0 Å². The number of rotatable bonds is 5. The third-order valence-corrected chi connectivity index (χ3v) is 3.69. The van der Waals surface area contributed by atoms with Crippen molar-refractivity contribution in [2.24, 2.45) is 0 Å². The van der Waals surface area contributed by atoms with Gasteiger partial charge in [0.2, 0.25) is 5.95 Å². The lowest BCUT2D eigenvalue weighted by molar-refractivity contribution is 0.415. The van der Waals surface area contributed by atoms with Gasteiger partial charge in [-0.3, -0.25) is 0 Å². The Bertz CT molecular complexity index is 855. The van der Waals surface area contributed by atoms with Gasteiger partial charge in [-0.15, -0.1) is 0 Å². The van der Waals surface area contributed by atoms with Crippen molar-refractivity contribution in [2.75, 3.05) is 17.7 Å². The van der Waals surface area contributed by atoms with Gasteiger partial charge < -0.3 is 15.4 Å². The van der Waals surface area contributed by atoms with Gasteiger partial charge in [0.1, 0.15) is 11.6 Å². The van der Waals surface area contributed by atoms with E-state index in [4.69, 9.17) is 4.74 Å². The maximum absolute atomic E-state index is 5.17. The lowest BCUT2D eigenvalue weighted by Gasteiger charge is -2.11. The van der Waals surface area contributed by atoms with Crippen LogP contribution in [0.4, 0.5) is 23.1 Å². The molecule has 0 fully saturated rings. The molecule has 0 radical (unpaired) electrons. The van der Waals surface area contributed by atoms with E-state index in [-0.39, 0.29) is 0 Å². The largest absolute Gasteiger partial charge is 0.497 e. The third-order valence-electron chi connectivity index (χ3n) is 3.69. The van der Waals surface area contributed by atoms with Crippen LogP contribution >= 0.6 is 0 Å². The number of hydrogen-bond acceptors (Lipinski definition) is 5. The Balaban J connectivity index is 1.81. The second kappa shape index (κ2) is 7.21. The SMILES string of the molecule is COc1ccc(Nc2nc(C)cc(Nc3cc(C)cc(C)c3)n2)cc1. The summed E-state index contributed by atoms with van der Waals surface area (Å²) < 4.78 is 5.17. The molecule has 1 heterocycles. The van der Waals surface area contributed by atoms with Gasteiger partial charge in [0.15, 0.2) is 0 Å². The van der Waals surface area contributed by atoms with E-state index in [1.807, 2.05) is 37.3 Å². The fourth-order valence-corrected chi connectivity index (χ4v) is 2.69. The summed E-state index contributed by atoms with van der Waals surface area (Å²) in [5.41, 5.74) is 5.24. The van der Waals surface area contributed by atoms with Crippen LogP contribution in [-0.2, 0) is 0 Å². The molecule has 2 aromatic carbocycles. The van der Waals surface area contributed by atoms with Crippen molar-refractivity contribution < 1.29 is 4.74 Å². The van der Waals surface area contributed by atoms with E-state index >= 15 is 0 Å². The molecule has 0 saturated carbocycles. The first kappa shape index (κ1) is 16.8. The predicted octanol–water partition coefficient (Wildman–Crippen LogP) is 4.90. The number of benzene rings is 2. The van der Waals surface area contributed by atoms with Gasteiger partial charge in [-0.2, -0.15) is 4.98 Å². The highest BCUT2D eigenvalue weighted by Crippen LogP contribution is 2.22. The second-order valence-electron chi connectivity index (χ2n) is 6.07. The summed E-state index contributed by atoms with van der Waals surface area (Å²) in [4.78, 5) is 9.02. The Morgan fingerprint density at radius 1 is 0.760 bits per heavy atom. The van der Waals surface area contributed by atoms with E-state index in [1.165, 1.54) is 11.1 Å². The second-order valence-corrected chi connectivity index (χ2v) is 6.07. The third kappa shape index (κ3) is 4.47.